The second kappa shape index (κ2) is 5.33. The summed E-state index contributed by atoms with van der Waals surface area (Å²) in [6.45, 7) is 3.92. The molecule has 2 aromatic rings. The Morgan fingerprint density at radius 2 is 1.91 bits per heavy atom. The number of hydrogen-bond donors (Lipinski definition) is 1. The van der Waals surface area contributed by atoms with Gasteiger partial charge in [0, 0.05) is 13.5 Å². The number of rotatable bonds is 2. The molecule has 1 atom stereocenters. The lowest BCUT2D eigenvalue weighted by Gasteiger charge is -2.22. The van der Waals surface area contributed by atoms with Gasteiger partial charge in [0.25, 0.3) is 0 Å². The smallest absolute Gasteiger partial charge is 0.295 e. The topological polar surface area (TPSA) is 73.1 Å². The third-order valence-electron chi connectivity index (χ3n) is 4.35. The van der Waals surface area contributed by atoms with E-state index in [0.29, 0.717) is 5.52 Å². The van der Waals surface area contributed by atoms with Crippen molar-refractivity contribution in [2.24, 2.45) is 7.05 Å². The number of fused-ring (bicyclic) bond motifs is 1. The lowest BCUT2D eigenvalue weighted by atomic mass is 10.0. The summed E-state index contributed by atoms with van der Waals surface area (Å²) in [5, 5.41) is 2.22. The van der Waals surface area contributed by atoms with Gasteiger partial charge in [-0.3, -0.25) is 24.0 Å². The highest BCUT2D eigenvalue weighted by molar-refractivity contribution is 6.00. The summed E-state index contributed by atoms with van der Waals surface area (Å²) in [6.07, 6.45) is 0.319. The third kappa shape index (κ3) is 2.27. The van der Waals surface area contributed by atoms with Crippen LogP contribution >= 0.6 is 0 Å². The van der Waals surface area contributed by atoms with Gasteiger partial charge in [-0.25, -0.2) is 9.18 Å². The highest BCUT2D eigenvalue weighted by Gasteiger charge is 2.32. The minimum absolute atomic E-state index is 0.0984. The number of halogens is 1. The molecule has 0 radical (unpaired) electrons. The summed E-state index contributed by atoms with van der Waals surface area (Å²) >= 11 is 0. The average Bonchev–Trinajstić information content (AvgIpc) is 2.73. The van der Waals surface area contributed by atoms with Crippen LogP contribution < -0.4 is 11.0 Å². The molecule has 7 heteroatoms. The van der Waals surface area contributed by atoms with Gasteiger partial charge in [0.05, 0.1) is 5.52 Å². The van der Waals surface area contributed by atoms with Crippen LogP contribution in [0, 0.1) is 5.82 Å². The fourth-order valence-electron chi connectivity index (χ4n) is 3.19. The standard InChI is InChI=1S/C16H18FN3O3/c1-8(2)9-4-5-10(17)14-13(9)19(3)16(23)20(14)11-6-7-12(21)18-15(11)22/h4-5,8,11H,6-7H2,1-3H3,(H,18,21,22)/t11-/m0/s1. The number of nitrogens with zero attached hydrogens (tertiary/aromatic N) is 2. The summed E-state index contributed by atoms with van der Waals surface area (Å²) < 4.78 is 17.0. The highest BCUT2D eigenvalue weighted by atomic mass is 19.1. The first-order chi connectivity index (χ1) is 10.8. The minimum Gasteiger partial charge on any atom is -0.295 e. The number of benzene rings is 1. The molecule has 1 saturated heterocycles. The van der Waals surface area contributed by atoms with Crippen LogP contribution in [-0.2, 0) is 16.6 Å². The molecule has 23 heavy (non-hydrogen) atoms. The van der Waals surface area contributed by atoms with Crippen LogP contribution in [-0.4, -0.2) is 20.9 Å². The van der Waals surface area contributed by atoms with E-state index in [9.17, 15) is 18.8 Å². The van der Waals surface area contributed by atoms with Crippen LogP contribution in [0.4, 0.5) is 4.39 Å². The maximum absolute atomic E-state index is 14.5. The van der Waals surface area contributed by atoms with E-state index in [1.165, 1.54) is 15.2 Å². The van der Waals surface area contributed by atoms with Gasteiger partial charge in [-0.05, 0) is 24.0 Å². The number of aromatic nitrogens is 2. The fourth-order valence-corrected chi connectivity index (χ4v) is 3.19. The van der Waals surface area contributed by atoms with E-state index in [-0.39, 0.29) is 30.2 Å². The largest absolute Gasteiger partial charge is 0.329 e. The molecule has 0 bridgehead atoms. The monoisotopic (exact) mass is 319 g/mol. The van der Waals surface area contributed by atoms with Crippen molar-refractivity contribution < 1.29 is 14.0 Å². The number of amides is 2. The molecular formula is C16H18FN3O3. The molecule has 1 aromatic carbocycles. The number of carbonyl (C=O) groups excluding carboxylic acids is 2. The zero-order valence-corrected chi connectivity index (χ0v) is 13.2. The van der Waals surface area contributed by atoms with Crippen LogP contribution in [0.1, 0.15) is 44.2 Å². The van der Waals surface area contributed by atoms with E-state index in [0.717, 1.165) is 5.56 Å². The van der Waals surface area contributed by atoms with Crippen molar-refractivity contribution in [1.82, 2.24) is 14.5 Å². The molecule has 1 N–H and O–H groups in total. The average molecular weight is 319 g/mol. The molecule has 0 unspecified atom stereocenters. The zero-order chi connectivity index (χ0) is 16.9. The van der Waals surface area contributed by atoms with Crippen molar-refractivity contribution in [2.45, 2.75) is 38.6 Å². The number of imide groups is 1. The highest BCUT2D eigenvalue weighted by Crippen LogP contribution is 2.30. The molecule has 0 saturated carbocycles. The van der Waals surface area contributed by atoms with Gasteiger partial charge in [0.2, 0.25) is 11.8 Å². The van der Waals surface area contributed by atoms with Gasteiger partial charge in [0.1, 0.15) is 17.4 Å². The predicted octanol–water partition coefficient (Wildman–Crippen LogP) is 1.58. The van der Waals surface area contributed by atoms with Gasteiger partial charge in [-0.2, -0.15) is 0 Å². The van der Waals surface area contributed by atoms with Crippen molar-refractivity contribution in [2.75, 3.05) is 0 Å². The van der Waals surface area contributed by atoms with Crippen LogP contribution in [0.15, 0.2) is 16.9 Å². The number of aryl methyl sites for hydroxylation is 1. The zero-order valence-electron chi connectivity index (χ0n) is 13.2. The molecule has 1 aliphatic heterocycles. The van der Waals surface area contributed by atoms with Crippen molar-refractivity contribution in [3.8, 4) is 0 Å². The molecule has 0 spiro atoms. The number of nitrogens with one attached hydrogen (secondary N) is 1. The number of imidazole rings is 1. The Morgan fingerprint density at radius 1 is 1.22 bits per heavy atom. The van der Waals surface area contributed by atoms with Crippen LogP contribution in [0.25, 0.3) is 11.0 Å². The number of piperidine rings is 1. The van der Waals surface area contributed by atoms with Crippen molar-refractivity contribution in [1.29, 1.82) is 0 Å². The van der Waals surface area contributed by atoms with E-state index in [4.69, 9.17) is 0 Å². The van der Waals surface area contributed by atoms with E-state index in [1.807, 2.05) is 13.8 Å². The molecule has 1 fully saturated rings. The molecule has 2 amide bonds. The van der Waals surface area contributed by atoms with E-state index >= 15 is 0 Å². The van der Waals surface area contributed by atoms with E-state index in [2.05, 4.69) is 5.32 Å². The SMILES string of the molecule is CC(C)c1ccc(F)c2c1n(C)c(=O)n2[C@H]1CCC(=O)NC1=O. The molecule has 1 aromatic heterocycles. The summed E-state index contributed by atoms with van der Waals surface area (Å²) in [7, 11) is 1.57. The molecule has 6 nitrogen and oxygen atoms in total. The summed E-state index contributed by atoms with van der Waals surface area (Å²) in [6, 6.07) is 2.11. The number of carbonyl (C=O) groups is 2. The van der Waals surface area contributed by atoms with Crippen LogP contribution in [0.2, 0.25) is 0 Å². The Hall–Kier alpha value is -2.44. The Morgan fingerprint density at radius 3 is 2.52 bits per heavy atom. The predicted molar refractivity (Wildman–Crippen MR) is 82.6 cm³/mol. The van der Waals surface area contributed by atoms with Crippen LogP contribution in [0.5, 0.6) is 0 Å². The first kappa shape index (κ1) is 15.5. The molecule has 3 rings (SSSR count). The Labute approximate surface area is 131 Å². The lowest BCUT2D eigenvalue weighted by Crippen LogP contribution is -2.44. The van der Waals surface area contributed by atoms with Gasteiger partial charge < -0.3 is 0 Å². The van der Waals surface area contributed by atoms with E-state index < -0.39 is 23.5 Å². The summed E-state index contributed by atoms with van der Waals surface area (Å²) in [5.74, 6) is -1.39. The molecule has 0 aliphatic carbocycles. The Kier molecular flexibility index (Phi) is 3.58. The summed E-state index contributed by atoms with van der Waals surface area (Å²) in [5.41, 5.74) is 1.00. The van der Waals surface area contributed by atoms with Crippen LogP contribution in [0.3, 0.4) is 0 Å². The second-order valence-electron chi connectivity index (χ2n) is 6.17. The fraction of sp³-hybridized carbons (Fsp3) is 0.438. The van der Waals surface area contributed by atoms with Gasteiger partial charge in [-0.15, -0.1) is 0 Å². The minimum atomic E-state index is -0.874. The van der Waals surface area contributed by atoms with Gasteiger partial charge in [-0.1, -0.05) is 19.9 Å². The van der Waals surface area contributed by atoms with Crippen molar-refractivity contribution in [3.05, 3.63) is 34.0 Å². The molecular weight excluding hydrogens is 301 g/mol. The third-order valence-corrected chi connectivity index (χ3v) is 4.35. The Balaban J connectivity index is 2.32. The van der Waals surface area contributed by atoms with Gasteiger partial charge >= 0.3 is 5.69 Å². The Bertz CT molecular complexity index is 879. The normalized spacial score (nSPS) is 18.7. The first-order valence-electron chi connectivity index (χ1n) is 7.56. The molecule has 122 valence electrons. The van der Waals surface area contributed by atoms with Crippen molar-refractivity contribution >= 4 is 22.8 Å². The van der Waals surface area contributed by atoms with Gasteiger partial charge in [0.15, 0.2) is 0 Å². The maximum Gasteiger partial charge on any atom is 0.329 e. The number of hydrogen-bond acceptors (Lipinski definition) is 3. The summed E-state index contributed by atoms with van der Waals surface area (Å²) in [4.78, 5) is 36.1. The quantitative estimate of drug-likeness (QED) is 0.854. The molecule has 2 heterocycles. The van der Waals surface area contributed by atoms with Crippen molar-refractivity contribution in [3.63, 3.8) is 0 Å². The molecule has 1 aliphatic rings. The first-order valence-corrected chi connectivity index (χ1v) is 7.56. The van der Waals surface area contributed by atoms with E-state index in [1.54, 1.807) is 13.1 Å². The maximum atomic E-state index is 14.5. The second-order valence-corrected chi connectivity index (χ2v) is 6.17. The lowest BCUT2D eigenvalue weighted by molar-refractivity contribution is -0.135.